The van der Waals surface area contributed by atoms with Crippen LogP contribution in [-0.2, 0) is 6.54 Å². The number of aromatic nitrogens is 2. The van der Waals surface area contributed by atoms with Crippen molar-refractivity contribution in [3.8, 4) is 0 Å². The lowest BCUT2D eigenvalue weighted by atomic mass is 10.2. The van der Waals surface area contributed by atoms with Crippen LogP contribution in [0.25, 0.3) is 11.0 Å². The van der Waals surface area contributed by atoms with E-state index >= 15 is 0 Å². The summed E-state index contributed by atoms with van der Waals surface area (Å²) in [6.07, 6.45) is 0. The molecule has 0 fully saturated rings. The van der Waals surface area contributed by atoms with Gasteiger partial charge in [-0.05, 0) is 25.5 Å². The Bertz CT molecular complexity index is 623. The molecule has 0 radical (unpaired) electrons. The monoisotopic (exact) mass is 204 g/mol. The van der Waals surface area contributed by atoms with Gasteiger partial charge in [-0.15, -0.1) is 0 Å². The molecule has 2 aromatic heterocycles. The first-order valence-electron chi connectivity index (χ1n) is 4.87. The number of H-pyrrole nitrogens is 1. The summed E-state index contributed by atoms with van der Waals surface area (Å²) in [6, 6.07) is 4.80. The molecule has 0 aliphatic heterocycles. The Hall–Kier alpha value is -1.84. The number of aryl methyl sites for hydroxylation is 2. The van der Waals surface area contributed by atoms with Crippen molar-refractivity contribution in [2.45, 2.75) is 20.4 Å². The van der Waals surface area contributed by atoms with Crippen molar-refractivity contribution in [1.29, 1.82) is 0 Å². The van der Waals surface area contributed by atoms with Crippen molar-refractivity contribution in [2.24, 2.45) is 0 Å². The zero-order chi connectivity index (χ0) is 11.0. The standard InChI is InChI=1S/C11H12N2O2/c1-3-13-10(15)6-7(2)8-4-5-9(14)12-11(8)13/h4-6H,3H2,1-2H3,(H,12,14). The predicted molar refractivity (Wildman–Crippen MR) is 59.2 cm³/mol. The number of hydrogen-bond donors (Lipinski definition) is 1. The van der Waals surface area contributed by atoms with Crippen LogP contribution in [0.15, 0.2) is 27.8 Å². The molecule has 2 heterocycles. The fourth-order valence-corrected chi connectivity index (χ4v) is 1.76. The van der Waals surface area contributed by atoms with Gasteiger partial charge in [-0.3, -0.25) is 14.2 Å². The number of fused-ring (bicyclic) bond motifs is 1. The second-order valence-corrected chi connectivity index (χ2v) is 3.49. The third-order valence-corrected chi connectivity index (χ3v) is 2.52. The summed E-state index contributed by atoms with van der Waals surface area (Å²) in [5.41, 5.74) is 1.23. The number of aromatic amines is 1. The average molecular weight is 204 g/mol. The molecule has 2 aromatic rings. The van der Waals surface area contributed by atoms with Crippen LogP contribution in [0.1, 0.15) is 12.5 Å². The molecular formula is C11H12N2O2. The maximum atomic E-state index is 11.6. The molecule has 0 aliphatic carbocycles. The van der Waals surface area contributed by atoms with Crippen LogP contribution in [0.3, 0.4) is 0 Å². The molecule has 0 amide bonds. The highest BCUT2D eigenvalue weighted by Gasteiger charge is 2.05. The van der Waals surface area contributed by atoms with Crippen molar-refractivity contribution in [3.63, 3.8) is 0 Å². The van der Waals surface area contributed by atoms with Crippen molar-refractivity contribution in [1.82, 2.24) is 9.55 Å². The molecule has 0 atom stereocenters. The molecule has 0 aromatic carbocycles. The minimum absolute atomic E-state index is 0.0793. The van der Waals surface area contributed by atoms with Crippen LogP contribution < -0.4 is 11.1 Å². The topological polar surface area (TPSA) is 54.9 Å². The van der Waals surface area contributed by atoms with E-state index < -0.39 is 0 Å². The zero-order valence-corrected chi connectivity index (χ0v) is 8.70. The van der Waals surface area contributed by atoms with E-state index in [-0.39, 0.29) is 11.1 Å². The van der Waals surface area contributed by atoms with E-state index in [1.807, 2.05) is 13.8 Å². The molecule has 2 rings (SSSR count). The fourth-order valence-electron chi connectivity index (χ4n) is 1.76. The highest BCUT2D eigenvalue weighted by Crippen LogP contribution is 2.11. The van der Waals surface area contributed by atoms with Gasteiger partial charge >= 0.3 is 0 Å². The molecule has 4 heteroatoms. The summed E-state index contributed by atoms with van der Waals surface area (Å²) < 4.78 is 1.56. The highest BCUT2D eigenvalue weighted by atomic mass is 16.1. The third kappa shape index (κ3) is 1.48. The summed E-state index contributed by atoms with van der Waals surface area (Å²) in [7, 11) is 0. The van der Waals surface area contributed by atoms with Gasteiger partial charge < -0.3 is 4.98 Å². The number of hydrogen-bond acceptors (Lipinski definition) is 2. The molecular weight excluding hydrogens is 192 g/mol. The summed E-state index contributed by atoms with van der Waals surface area (Å²) >= 11 is 0. The van der Waals surface area contributed by atoms with E-state index in [1.54, 1.807) is 16.7 Å². The van der Waals surface area contributed by atoms with Crippen LogP contribution in [0, 0.1) is 6.92 Å². The summed E-state index contributed by atoms with van der Waals surface area (Å²) in [4.78, 5) is 25.5. The molecule has 15 heavy (non-hydrogen) atoms. The van der Waals surface area contributed by atoms with Crippen LogP contribution in [0.4, 0.5) is 0 Å². The quantitative estimate of drug-likeness (QED) is 0.754. The van der Waals surface area contributed by atoms with Crippen molar-refractivity contribution >= 4 is 11.0 Å². The van der Waals surface area contributed by atoms with Gasteiger partial charge in [-0.2, -0.15) is 0 Å². The Morgan fingerprint density at radius 2 is 2.07 bits per heavy atom. The minimum atomic E-state index is -0.185. The van der Waals surface area contributed by atoms with Gasteiger partial charge in [0.05, 0.1) is 0 Å². The van der Waals surface area contributed by atoms with Crippen LogP contribution in [0.5, 0.6) is 0 Å². The van der Waals surface area contributed by atoms with Crippen LogP contribution in [-0.4, -0.2) is 9.55 Å². The summed E-state index contributed by atoms with van der Waals surface area (Å²) in [6.45, 7) is 4.29. The Labute approximate surface area is 86.2 Å². The largest absolute Gasteiger partial charge is 0.308 e. The Kier molecular flexibility index (Phi) is 2.19. The summed E-state index contributed by atoms with van der Waals surface area (Å²) in [5, 5.41) is 0.913. The minimum Gasteiger partial charge on any atom is -0.308 e. The van der Waals surface area contributed by atoms with E-state index in [2.05, 4.69) is 4.98 Å². The Morgan fingerprint density at radius 3 is 2.73 bits per heavy atom. The van der Waals surface area contributed by atoms with E-state index in [1.165, 1.54) is 6.07 Å². The molecule has 0 aliphatic rings. The fraction of sp³-hybridized carbons (Fsp3) is 0.273. The SMILES string of the molecule is CCn1c(=O)cc(C)c2ccc(=O)[nH]c21. The van der Waals surface area contributed by atoms with E-state index in [9.17, 15) is 9.59 Å². The predicted octanol–water partition coefficient (Wildman–Crippen LogP) is 1.02. The van der Waals surface area contributed by atoms with Crippen molar-refractivity contribution in [3.05, 3.63) is 44.5 Å². The smallest absolute Gasteiger partial charge is 0.252 e. The van der Waals surface area contributed by atoms with Crippen LogP contribution >= 0.6 is 0 Å². The van der Waals surface area contributed by atoms with Crippen molar-refractivity contribution in [2.75, 3.05) is 0 Å². The maximum Gasteiger partial charge on any atom is 0.252 e. The van der Waals surface area contributed by atoms with E-state index in [0.29, 0.717) is 12.2 Å². The van der Waals surface area contributed by atoms with Crippen LogP contribution in [0.2, 0.25) is 0 Å². The van der Waals surface area contributed by atoms with Gasteiger partial charge in [-0.25, -0.2) is 0 Å². The molecule has 0 unspecified atom stereocenters. The molecule has 0 saturated heterocycles. The molecule has 4 nitrogen and oxygen atoms in total. The molecule has 0 bridgehead atoms. The Morgan fingerprint density at radius 1 is 1.33 bits per heavy atom. The highest BCUT2D eigenvalue weighted by molar-refractivity contribution is 5.78. The zero-order valence-electron chi connectivity index (χ0n) is 8.70. The van der Waals surface area contributed by atoms with E-state index in [0.717, 1.165) is 10.9 Å². The average Bonchev–Trinajstić information content (AvgIpc) is 2.17. The molecule has 78 valence electrons. The maximum absolute atomic E-state index is 11.6. The lowest BCUT2D eigenvalue weighted by molar-refractivity contribution is 0.747. The first-order valence-corrected chi connectivity index (χ1v) is 4.87. The lowest BCUT2D eigenvalue weighted by Gasteiger charge is -2.08. The number of rotatable bonds is 1. The molecule has 0 saturated carbocycles. The summed E-state index contributed by atoms with van der Waals surface area (Å²) in [5.74, 6) is 0. The van der Waals surface area contributed by atoms with Gasteiger partial charge in [0.2, 0.25) is 5.56 Å². The van der Waals surface area contributed by atoms with Gasteiger partial charge in [0.25, 0.3) is 5.56 Å². The van der Waals surface area contributed by atoms with Gasteiger partial charge in [0.15, 0.2) is 0 Å². The third-order valence-electron chi connectivity index (χ3n) is 2.52. The molecule has 1 N–H and O–H groups in total. The normalized spacial score (nSPS) is 10.8. The Balaban J connectivity index is 3.04. The molecule has 0 spiro atoms. The van der Waals surface area contributed by atoms with Gasteiger partial charge in [0, 0.05) is 24.1 Å². The second-order valence-electron chi connectivity index (χ2n) is 3.49. The van der Waals surface area contributed by atoms with Gasteiger partial charge in [0.1, 0.15) is 5.65 Å². The first kappa shape index (κ1) is 9.71. The van der Waals surface area contributed by atoms with Gasteiger partial charge in [-0.1, -0.05) is 0 Å². The first-order chi connectivity index (χ1) is 7.13. The lowest BCUT2D eigenvalue weighted by Crippen LogP contribution is -2.22. The van der Waals surface area contributed by atoms with E-state index in [4.69, 9.17) is 0 Å². The number of pyridine rings is 2. The number of nitrogens with one attached hydrogen (secondary N) is 1. The second kappa shape index (κ2) is 3.38. The number of nitrogens with zero attached hydrogens (tertiary/aromatic N) is 1. The van der Waals surface area contributed by atoms with Crippen molar-refractivity contribution < 1.29 is 0 Å².